The number of carboxylic acid groups (broad SMARTS) is 2. The Bertz CT molecular complexity index is 4500. The maximum atomic E-state index is 13.2. The fraction of sp³-hybridized carbons (Fsp3) is 0.205. The Balaban J connectivity index is 0.000000341. The molecule has 12 aromatic rings. The Kier molecular flexibility index (Phi) is 34.5. The molecule has 108 heavy (non-hydrogen) atoms. The molecule has 20 heteroatoms. The van der Waals surface area contributed by atoms with Crippen molar-refractivity contribution in [3.05, 3.63) is 241 Å². The van der Waals surface area contributed by atoms with E-state index in [4.69, 9.17) is 39.8 Å². The van der Waals surface area contributed by atoms with Gasteiger partial charge in [0, 0.05) is 134 Å². The maximum Gasteiger partial charge on any atom is 2.00 e. The summed E-state index contributed by atoms with van der Waals surface area (Å²) in [5.41, 5.74) is 12.3. The van der Waals surface area contributed by atoms with Crippen LogP contribution in [0.5, 0.6) is 23.0 Å². The average molecular weight is 1580 g/mol. The van der Waals surface area contributed by atoms with Gasteiger partial charge in [0.05, 0.1) is 22.7 Å². The van der Waals surface area contributed by atoms with E-state index in [9.17, 15) is 20.4 Å². The molecule has 0 aliphatic carbocycles. The number of carboxylic acids is 2. The molecule has 12 aromatic carbocycles. The van der Waals surface area contributed by atoms with Crippen molar-refractivity contribution in [3.8, 4) is 45.3 Å². The van der Waals surface area contributed by atoms with E-state index in [2.05, 4.69) is 148 Å². The number of nitrogens with zero attached hydrogens (tertiary/aromatic N) is 8. The van der Waals surface area contributed by atoms with Crippen LogP contribution >= 0.6 is 0 Å². The SMILES string of the molecule is CC(=O)[O-].CC(=O)[O-].CCN(CC)c1ccc(C=Nc2ccc3ccccc3c2-c2c(N=Cc3ccc(N(CC)CC)cc3[O-])ccc3ccccc23)c([O-])c1.CCN(CC)c1ccc(C=Nc2ccc3ccccc3c2-c2c(N=Cc3ccc(N(CC)CC)cc3[O-])ccc3ccccc23)c([O-])c1.[Ni+2].[Ni+2].[Ni+2].[OH3+]. The summed E-state index contributed by atoms with van der Waals surface area (Å²) < 4.78 is 0. The molecule has 3 N–H and O–H groups in total. The van der Waals surface area contributed by atoms with Crippen LogP contribution in [-0.2, 0) is 64.5 Å². The maximum absolute atomic E-state index is 13.2. The predicted octanol–water partition coefficient (Wildman–Crippen LogP) is 14.6. The topological polar surface area (TPSA) is 268 Å². The molecule has 0 saturated carbocycles. The van der Waals surface area contributed by atoms with Gasteiger partial charge >= 0.3 is 49.5 Å². The number of benzene rings is 12. The van der Waals surface area contributed by atoms with Gasteiger partial charge in [-0.1, -0.05) is 169 Å². The van der Waals surface area contributed by atoms with Gasteiger partial charge in [0.25, 0.3) is 0 Å². The third-order valence-corrected chi connectivity index (χ3v) is 18.0. The summed E-state index contributed by atoms with van der Waals surface area (Å²) in [6, 6.07) is 71.2. The Labute approximate surface area is 663 Å². The number of carbonyl (C=O) groups is 2. The minimum Gasteiger partial charge on any atom is -0.872 e. The van der Waals surface area contributed by atoms with Gasteiger partial charge in [0.15, 0.2) is 0 Å². The molecular weight excluding hydrogens is 1490 g/mol. The molecule has 0 spiro atoms. The Morgan fingerprint density at radius 1 is 0.296 bits per heavy atom. The standard InChI is InChI=1S/2C42H42N4O2.2C2H4O2.3Ni.H2O/c2*1-5-45(6-2)33-21-17-31(39(47)25-33)27-43-37-23-19-29-13-9-11-15-35(29)41(37)42-36-16-12-10-14-30(36)20-24-38(42)44-28-32-18-22-34(26-40(32)48)46(7-3)8-4;2*1-2(3)4;;;;/h2*9-28,47-48H,5-8H2,1-4H3;2*1H3,(H,3,4);;;;1H2/q;;;;3*+2;/p-5. The number of rotatable bonds is 22. The van der Waals surface area contributed by atoms with E-state index in [1.165, 1.54) is 0 Å². The summed E-state index contributed by atoms with van der Waals surface area (Å²) >= 11 is 0. The number of fused-ring (bicyclic) bond motifs is 4. The summed E-state index contributed by atoms with van der Waals surface area (Å²) in [4.78, 5) is 46.2. The van der Waals surface area contributed by atoms with Crippen molar-refractivity contribution in [2.75, 3.05) is 72.0 Å². The second-order valence-corrected chi connectivity index (χ2v) is 24.3. The van der Waals surface area contributed by atoms with Crippen LogP contribution in [0.15, 0.2) is 238 Å². The van der Waals surface area contributed by atoms with Crippen molar-refractivity contribution in [1.82, 2.24) is 0 Å². The molecule has 564 valence electrons. The Morgan fingerprint density at radius 2 is 0.472 bits per heavy atom. The summed E-state index contributed by atoms with van der Waals surface area (Å²) in [6.07, 6.45) is 6.66. The van der Waals surface area contributed by atoms with Crippen LogP contribution in [0, 0.1) is 0 Å². The van der Waals surface area contributed by atoms with Gasteiger partial charge in [0.2, 0.25) is 0 Å². The van der Waals surface area contributed by atoms with Crippen LogP contribution in [0.25, 0.3) is 65.3 Å². The van der Waals surface area contributed by atoms with Crippen molar-refractivity contribution in [3.63, 3.8) is 0 Å². The summed E-state index contributed by atoms with van der Waals surface area (Å²) in [5.74, 6) is -2.44. The zero-order chi connectivity index (χ0) is 74.4. The third-order valence-electron chi connectivity index (χ3n) is 18.0. The first-order valence-corrected chi connectivity index (χ1v) is 35.2. The molecule has 0 atom stereocenters. The monoisotopic (exact) mass is 1580 g/mol. The average Bonchev–Trinajstić information content (AvgIpc) is 0.758. The summed E-state index contributed by atoms with van der Waals surface area (Å²) in [5, 5.41) is 78.8. The first kappa shape index (κ1) is 87.8. The van der Waals surface area contributed by atoms with Gasteiger partial charge in [-0.05, 0) is 207 Å². The fourth-order valence-corrected chi connectivity index (χ4v) is 12.7. The van der Waals surface area contributed by atoms with E-state index in [0.29, 0.717) is 22.3 Å². The van der Waals surface area contributed by atoms with Crippen LogP contribution < -0.4 is 50.2 Å². The van der Waals surface area contributed by atoms with E-state index in [1.54, 1.807) is 49.1 Å². The molecule has 12 rings (SSSR count). The number of hydrogen-bond donors (Lipinski definition) is 0. The molecule has 0 aromatic heterocycles. The van der Waals surface area contributed by atoms with Crippen LogP contribution in [0.2, 0.25) is 0 Å². The quantitative estimate of drug-likeness (QED) is 0.0348. The second kappa shape index (κ2) is 42.5. The second-order valence-electron chi connectivity index (χ2n) is 24.3. The minimum atomic E-state index is -1.08. The van der Waals surface area contributed by atoms with E-state index in [0.717, 1.165) is 177 Å². The smallest absolute Gasteiger partial charge is 0.872 e. The number of hydrogen-bond acceptors (Lipinski definition) is 16. The normalized spacial score (nSPS) is 10.8. The van der Waals surface area contributed by atoms with Crippen molar-refractivity contribution in [1.29, 1.82) is 0 Å². The Morgan fingerprint density at radius 3 is 0.639 bits per heavy atom. The largest absolute Gasteiger partial charge is 2.00 e. The predicted molar refractivity (Wildman–Crippen MR) is 427 cm³/mol. The molecule has 0 unspecified atom stereocenters. The Hall–Kier alpha value is -10.9. The van der Waals surface area contributed by atoms with Gasteiger partial charge in [-0.15, -0.1) is 0 Å². The molecule has 0 bridgehead atoms. The molecule has 0 saturated heterocycles. The van der Waals surface area contributed by atoms with E-state index >= 15 is 0 Å². The van der Waals surface area contributed by atoms with Crippen molar-refractivity contribution < 1.29 is 95.2 Å². The zero-order valence-electron chi connectivity index (χ0n) is 62.1. The molecule has 0 amide bonds. The molecule has 17 nitrogen and oxygen atoms in total. The van der Waals surface area contributed by atoms with Crippen LogP contribution in [0.3, 0.4) is 0 Å². The number of carbonyl (C=O) groups excluding carboxylic acids is 2. The number of aliphatic carboxylic acids is 2. The first-order valence-electron chi connectivity index (χ1n) is 35.2. The van der Waals surface area contributed by atoms with Crippen LogP contribution in [0.4, 0.5) is 45.5 Å². The van der Waals surface area contributed by atoms with Crippen LogP contribution in [0.1, 0.15) is 91.5 Å². The van der Waals surface area contributed by atoms with Crippen LogP contribution in [-0.4, -0.2) is 89.2 Å². The molecular formula is C88H89N8Ni3O9+. The van der Waals surface area contributed by atoms with Crippen molar-refractivity contribution in [2.24, 2.45) is 20.0 Å². The molecule has 0 heterocycles. The van der Waals surface area contributed by atoms with E-state index in [1.807, 2.05) is 121 Å². The van der Waals surface area contributed by atoms with E-state index < -0.39 is 11.9 Å². The van der Waals surface area contributed by atoms with Gasteiger partial charge < -0.3 is 65.3 Å². The van der Waals surface area contributed by atoms with Crippen molar-refractivity contribution >= 4 is 125 Å². The zero-order valence-corrected chi connectivity index (χ0v) is 65.1. The molecule has 0 aliphatic heterocycles. The summed E-state index contributed by atoms with van der Waals surface area (Å²) in [6.45, 7) is 25.2. The molecule has 0 radical (unpaired) electrons. The first-order chi connectivity index (χ1) is 50.4. The summed E-state index contributed by atoms with van der Waals surface area (Å²) in [7, 11) is 0. The van der Waals surface area contributed by atoms with Gasteiger partial charge in [-0.3, -0.25) is 20.0 Å². The van der Waals surface area contributed by atoms with Crippen molar-refractivity contribution in [2.45, 2.75) is 69.2 Å². The third kappa shape index (κ3) is 21.7. The minimum absolute atomic E-state index is 0. The van der Waals surface area contributed by atoms with Gasteiger partial charge in [-0.2, -0.15) is 0 Å². The van der Waals surface area contributed by atoms with Gasteiger partial charge in [-0.25, -0.2) is 0 Å². The number of aliphatic imine (C=N–C) groups is 4. The van der Waals surface area contributed by atoms with Gasteiger partial charge in [0.1, 0.15) is 0 Å². The molecule has 0 aliphatic rings. The number of anilines is 4. The van der Waals surface area contributed by atoms with E-state index in [-0.39, 0.29) is 77.9 Å². The fourth-order valence-electron chi connectivity index (χ4n) is 12.7. The molecule has 0 fully saturated rings.